The lowest BCUT2D eigenvalue weighted by Crippen LogP contribution is -2.48. The van der Waals surface area contributed by atoms with Crippen molar-refractivity contribution in [2.45, 2.75) is 81.8 Å². The van der Waals surface area contributed by atoms with Gasteiger partial charge in [0.1, 0.15) is 30.8 Å². The summed E-state index contributed by atoms with van der Waals surface area (Å²) in [5.41, 5.74) is 0.820. The zero-order valence-electron chi connectivity index (χ0n) is 17.3. The third kappa shape index (κ3) is 4.48. The number of hydrogen-bond acceptors (Lipinski definition) is 6. The number of carbonyl (C=O) groups excluding carboxylic acids is 2. The molecule has 3 aliphatic rings. The molecule has 6 atom stereocenters. The van der Waals surface area contributed by atoms with Crippen LogP contribution in [0.5, 0.6) is 0 Å². The van der Waals surface area contributed by atoms with Crippen LogP contribution >= 0.6 is 0 Å². The molecule has 3 saturated heterocycles. The quantitative estimate of drug-likeness (QED) is 0.360. The number of epoxide rings is 1. The third-order valence-electron chi connectivity index (χ3n) is 6.54. The van der Waals surface area contributed by atoms with Gasteiger partial charge in [0, 0.05) is 31.3 Å². The first-order valence-electron chi connectivity index (χ1n) is 10.9. The monoisotopic (exact) mass is 401 g/mol. The van der Waals surface area contributed by atoms with Gasteiger partial charge in [-0.1, -0.05) is 50.1 Å². The van der Waals surface area contributed by atoms with Crippen molar-refractivity contribution < 1.29 is 23.8 Å². The van der Waals surface area contributed by atoms with Crippen LogP contribution in [-0.2, 0) is 23.8 Å². The second-order valence-corrected chi connectivity index (χ2v) is 8.50. The van der Waals surface area contributed by atoms with Crippen LogP contribution in [0.25, 0.3) is 0 Å². The van der Waals surface area contributed by atoms with Gasteiger partial charge in [-0.2, -0.15) is 0 Å². The average Bonchev–Trinajstić information content (AvgIpc) is 3.47. The van der Waals surface area contributed by atoms with Crippen molar-refractivity contribution in [2.24, 2.45) is 0 Å². The summed E-state index contributed by atoms with van der Waals surface area (Å²) in [6.07, 6.45) is 5.39. The lowest BCUT2D eigenvalue weighted by molar-refractivity contribution is -0.159. The highest BCUT2D eigenvalue weighted by Crippen LogP contribution is 2.48. The van der Waals surface area contributed by atoms with Gasteiger partial charge in [0.05, 0.1) is 0 Å². The van der Waals surface area contributed by atoms with E-state index in [4.69, 9.17) is 14.2 Å². The van der Waals surface area contributed by atoms with Crippen molar-refractivity contribution >= 4 is 11.9 Å². The van der Waals surface area contributed by atoms with Gasteiger partial charge in [-0.05, 0) is 19.0 Å². The molecule has 1 aromatic rings. The van der Waals surface area contributed by atoms with Crippen molar-refractivity contribution in [3.63, 3.8) is 0 Å². The summed E-state index contributed by atoms with van der Waals surface area (Å²) in [4.78, 5) is 27.4. The molecule has 1 aromatic carbocycles. The van der Waals surface area contributed by atoms with E-state index in [1.165, 1.54) is 0 Å². The summed E-state index contributed by atoms with van der Waals surface area (Å²) >= 11 is 0. The number of fused-ring (bicyclic) bond motifs is 5. The van der Waals surface area contributed by atoms with E-state index in [1.807, 2.05) is 30.3 Å². The Balaban J connectivity index is 1.36. The van der Waals surface area contributed by atoms with E-state index in [9.17, 15) is 9.59 Å². The highest BCUT2D eigenvalue weighted by molar-refractivity contribution is 5.79. The molecule has 0 aromatic heterocycles. The average molecular weight is 402 g/mol. The van der Waals surface area contributed by atoms with Gasteiger partial charge < -0.3 is 14.2 Å². The summed E-state index contributed by atoms with van der Waals surface area (Å²) < 4.78 is 17.1. The van der Waals surface area contributed by atoms with Crippen LogP contribution in [0.2, 0.25) is 0 Å². The van der Waals surface area contributed by atoms with Crippen LogP contribution in [0.15, 0.2) is 30.3 Å². The number of benzene rings is 1. The summed E-state index contributed by atoms with van der Waals surface area (Å²) in [6.45, 7) is 2.12. The maximum Gasteiger partial charge on any atom is 0.317 e. The van der Waals surface area contributed by atoms with Gasteiger partial charge in [-0.3, -0.25) is 14.5 Å². The Labute approximate surface area is 172 Å². The zero-order chi connectivity index (χ0) is 20.4. The Kier molecular flexibility index (Phi) is 6.20. The number of rotatable bonds is 9. The first kappa shape index (κ1) is 20.4. The summed E-state index contributed by atoms with van der Waals surface area (Å²) in [5, 5.41) is 0. The van der Waals surface area contributed by atoms with E-state index in [0.717, 1.165) is 37.7 Å². The summed E-state index contributed by atoms with van der Waals surface area (Å²) in [6, 6.07) is 10.1. The normalized spacial score (nSPS) is 31.0. The number of likely N-dealkylation sites (N-methyl/N-ethyl adjacent to an activating group) is 1. The second-order valence-electron chi connectivity index (χ2n) is 8.50. The minimum absolute atomic E-state index is 0.0294. The minimum Gasteiger partial charge on any atom is -0.464 e. The molecular formula is C23H31NO5. The zero-order valence-corrected chi connectivity index (χ0v) is 17.3. The SMILES string of the molecule is CCCCCC(=O)OC[C@@H](C(=O)OC1C[C@@H]2[C@H]3O[C@H]3[C@H](C1)N2C)c1ccccc1. The van der Waals surface area contributed by atoms with E-state index in [0.29, 0.717) is 30.7 Å². The van der Waals surface area contributed by atoms with Gasteiger partial charge in [0.15, 0.2) is 0 Å². The molecule has 0 N–H and O–H groups in total. The van der Waals surface area contributed by atoms with Crippen LogP contribution in [0.4, 0.5) is 0 Å². The molecule has 6 nitrogen and oxygen atoms in total. The van der Waals surface area contributed by atoms with Gasteiger partial charge in [-0.25, -0.2) is 0 Å². The number of piperidine rings is 1. The fourth-order valence-electron chi connectivity index (χ4n) is 4.80. The highest BCUT2D eigenvalue weighted by atomic mass is 16.6. The van der Waals surface area contributed by atoms with E-state index in [-0.39, 0.29) is 24.6 Å². The van der Waals surface area contributed by atoms with Crippen LogP contribution in [0.1, 0.15) is 56.9 Å². The predicted octanol–water partition coefficient (Wildman–Crippen LogP) is 3.05. The molecule has 0 saturated carbocycles. The predicted molar refractivity (Wildman–Crippen MR) is 107 cm³/mol. The third-order valence-corrected chi connectivity index (χ3v) is 6.54. The Hall–Kier alpha value is -1.92. The smallest absolute Gasteiger partial charge is 0.317 e. The Bertz CT molecular complexity index is 705. The van der Waals surface area contributed by atoms with Crippen molar-refractivity contribution in [1.82, 2.24) is 4.90 Å². The second kappa shape index (κ2) is 8.84. The number of nitrogens with zero attached hydrogens (tertiary/aromatic N) is 1. The molecule has 0 radical (unpaired) electrons. The van der Waals surface area contributed by atoms with Crippen LogP contribution in [0.3, 0.4) is 0 Å². The molecule has 3 aliphatic heterocycles. The first-order chi connectivity index (χ1) is 14.1. The maximum absolute atomic E-state index is 13.0. The molecule has 3 fully saturated rings. The lowest BCUT2D eigenvalue weighted by atomic mass is 9.97. The van der Waals surface area contributed by atoms with Crippen LogP contribution in [-0.4, -0.2) is 60.9 Å². The number of esters is 2. The van der Waals surface area contributed by atoms with Crippen molar-refractivity contribution in [3.05, 3.63) is 35.9 Å². The van der Waals surface area contributed by atoms with Crippen molar-refractivity contribution in [1.29, 1.82) is 0 Å². The summed E-state index contributed by atoms with van der Waals surface area (Å²) in [7, 11) is 2.13. The lowest BCUT2D eigenvalue weighted by Gasteiger charge is -2.38. The van der Waals surface area contributed by atoms with E-state index < -0.39 is 5.92 Å². The standard InChI is InChI=1S/C23H31NO5/c1-3-4-6-11-20(25)27-14-17(15-9-7-5-8-10-15)23(26)28-16-12-18-21-22(29-21)19(13-16)24(18)2/h5,7-10,16-19,21-22H,3-4,6,11-14H2,1-2H3/t16?,17-,18-,19+,21-,22+/m1/s1. The van der Waals surface area contributed by atoms with Crippen LogP contribution < -0.4 is 0 Å². The van der Waals surface area contributed by atoms with Crippen molar-refractivity contribution in [2.75, 3.05) is 13.7 Å². The molecule has 6 heteroatoms. The molecule has 1 unspecified atom stereocenters. The molecule has 4 rings (SSSR count). The minimum atomic E-state index is -0.589. The highest BCUT2D eigenvalue weighted by Gasteiger charge is 2.62. The molecule has 3 heterocycles. The number of unbranched alkanes of at least 4 members (excludes halogenated alkanes) is 2. The Morgan fingerprint density at radius 1 is 1.14 bits per heavy atom. The maximum atomic E-state index is 13.0. The van der Waals surface area contributed by atoms with Gasteiger partial charge >= 0.3 is 11.9 Å². The molecule has 29 heavy (non-hydrogen) atoms. The van der Waals surface area contributed by atoms with Gasteiger partial charge in [-0.15, -0.1) is 0 Å². The number of morpholine rings is 1. The number of carbonyl (C=O) groups is 2. The first-order valence-corrected chi connectivity index (χ1v) is 10.9. The Morgan fingerprint density at radius 3 is 2.48 bits per heavy atom. The molecular weight excluding hydrogens is 370 g/mol. The molecule has 0 aliphatic carbocycles. The number of ether oxygens (including phenoxy) is 3. The largest absolute Gasteiger partial charge is 0.464 e. The van der Waals surface area contributed by atoms with Gasteiger partial charge in [0.2, 0.25) is 0 Å². The Morgan fingerprint density at radius 2 is 1.83 bits per heavy atom. The summed E-state index contributed by atoms with van der Waals surface area (Å²) in [5.74, 6) is -1.14. The van der Waals surface area contributed by atoms with E-state index in [2.05, 4.69) is 18.9 Å². The van der Waals surface area contributed by atoms with Crippen LogP contribution in [0, 0.1) is 0 Å². The fourth-order valence-corrected chi connectivity index (χ4v) is 4.80. The molecule has 0 spiro atoms. The molecule has 0 amide bonds. The number of hydrogen-bond donors (Lipinski definition) is 0. The topological polar surface area (TPSA) is 68.4 Å². The van der Waals surface area contributed by atoms with E-state index >= 15 is 0 Å². The molecule has 158 valence electrons. The van der Waals surface area contributed by atoms with Gasteiger partial charge in [0.25, 0.3) is 0 Å². The fraction of sp³-hybridized carbons (Fsp3) is 0.652. The van der Waals surface area contributed by atoms with E-state index in [1.54, 1.807) is 0 Å². The molecule has 2 bridgehead atoms. The van der Waals surface area contributed by atoms with Crippen molar-refractivity contribution in [3.8, 4) is 0 Å².